The average molecular weight is 288 g/mol. The van der Waals surface area contributed by atoms with Crippen LogP contribution < -0.4 is 5.32 Å². The minimum atomic E-state index is 0.659. The lowest BCUT2D eigenvalue weighted by Gasteiger charge is -2.04. The fourth-order valence-electron chi connectivity index (χ4n) is 2.73. The largest absolute Gasteiger partial charge is 0.368 e. The van der Waals surface area contributed by atoms with Crippen molar-refractivity contribution in [2.45, 2.75) is 20.4 Å². The Kier molecular flexibility index (Phi) is 2.23. The number of hydrogen-bond acceptors (Lipinski definition) is 5. The van der Waals surface area contributed by atoms with Crippen LogP contribution in [0.25, 0.3) is 20.4 Å². The van der Waals surface area contributed by atoms with E-state index in [1.165, 1.54) is 10.3 Å². The fourth-order valence-corrected chi connectivity index (χ4v) is 4.27. The van der Waals surface area contributed by atoms with E-state index in [4.69, 9.17) is 12.2 Å². The molecule has 6 heteroatoms. The summed E-state index contributed by atoms with van der Waals surface area (Å²) in [6.45, 7) is 5.96. The summed E-state index contributed by atoms with van der Waals surface area (Å²) in [5.41, 5.74) is 3.27. The van der Waals surface area contributed by atoms with Gasteiger partial charge in [-0.3, -0.25) is 0 Å². The number of thiophene rings is 1. The summed E-state index contributed by atoms with van der Waals surface area (Å²) in [6, 6.07) is 2.10. The van der Waals surface area contributed by atoms with Crippen molar-refractivity contribution in [2.24, 2.45) is 0 Å². The molecule has 1 N–H and O–H groups in total. The van der Waals surface area contributed by atoms with Crippen LogP contribution >= 0.6 is 23.6 Å². The van der Waals surface area contributed by atoms with Gasteiger partial charge in [0.15, 0.2) is 0 Å². The van der Waals surface area contributed by atoms with Gasteiger partial charge in [0, 0.05) is 24.2 Å². The molecule has 4 nitrogen and oxygen atoms in total. The van der Waals surface area contributed by atoms with Gasteiger partial charge in [0.2, 0.25) is 4.77 Å². The predicted molar refractivity (Wildman–Crippen MR) is 81.7 cm³/mol. The van der Waals surface area contributed by atoms with Crippen molar-refractivity contribution >= 4 is 49.8 Å². The van der Waals surface area contributed by atoms with Crippen LogP contribution in [0, 0.1) is 18.6 Å². The molecular formula is C13H12N4S2. The molecular weight excluding hydrogens is 276 g/mol. The van der Waals surface area contributed by atoms with E-state index in [0.29, 0.717) is 4.77 Å². The van der Waals surface area contributed by atoms with Gasteiger partial charge in [0.05, 0.1) is 10.2 Å². The molecule has 0 bridgehead atoms. The summed E-state index contributed by atoms with van der Waals surface area (Å²) in [5, 5.41) is 4.56. The van der Waals surface area contributed by atoms with Gasteiger partial charge in [-0.2, -0.15) is 0 Å². The Hall–Kier alpha value is -1.53. The number of rotatable bonds is 0. The molecule has 0 amide bonds. The number of nitrogens with one attached hydrogen (secondary N) is 1. The first-order chi connectivity index (χ1) is 9.15. The lowest BCUT2D eigenvalue weighted by atomic mass is 10.1. The monoisotopic (exact) mass is 288 g/mol. The highest BCUT2D eigenvalue weighted by atomic mass is 32.1. The Balaban J connectivity index is 2.28. The number of fused-ring (bicyclic) bond motifs is 5. The Morgan fingerprint density at radius 1 is 1.37 bits per heavy atom. The molecule has 0 radical (unpaired) electrons. The van der Waals surface area contributed by atoms with Crippen molar-refractivity contribution in [3.05, 3.63) is 22.1 Å². The highest BCUT2D eigenvalue weighted by Gasteiger charge is 2.19. The second-order valence-corrected chi connectivity index (χ2v) is 6.23. The van der Waals surface area contributed by atoms with Crippen molar-refractivity contribution in [1.29, 1.82) is 0 Å². The number of nitrogens with zero attached hydrogens (tertiary/aromatic N) is 3. The molecule has 0 saturated heterocycles. The van der Waals surface area contributed by atoms with E-state index in [-0.39, 0.29) is 0 Å². The maximum Gasteiger partial charge on any atom is 0.201 e. The maximum atomic E-state index is 5.40. The highest BCUT2D eigenvalue weighted by molar-refractivity contribution is 7.71. The Bertz CT molecular complexity index is 891. The molecule has 0 atom stereocenters. The van der Waals surface area contributed by atoms with Crippen molar-refractivity contribution in [3.63, 3.8) is 0 Å². The number of hydrogen-bond donors (Lipinski definition) is 1. The summed E-state index contributed by atoms with van der Waals surface area (Å²) >= 11 is 7.10. The average Bonchev–Trinajstić information content (AvgIpc) is 2.92. The van der Waals surface area contributed by atoms with Crippen LogP contribution in [0.1, 0.15) is 11.3 Å². The van der Waals surface area contributed by atoms with E-state index in [2.05, 4.69) is 32.8 Å². The third kappa shape index (κ3) is 1.47. The van der Waals surface area contributed by atoms with Crippen LogP contribution in [0.15, 0.2) is 6.07 Å². The molecule has 4 heterocycles. The van der Waals surface area contributed by atoms with Crippen LogP contribution in [0.3, 0.4) is 0 Å². The Morgan fingerprint density at radius 2 is 2.21 bits per heavy atom. The van der Waals surface area contributed by atoms with E-state index in [0.717, 1.165) is 40.3 Å². The third-order valence-corrected chi connectivity index (χ3v) is 4.90. The smallest absolute Gasteiger partial charge is 0.201 e. The van der Waals surface area contributed by atoms with Gasteiger partial charge in [-0.15, -0.1) is 11.3 Å². The quantitative estimate of drug-likeness (QED) is 0.644. The Labute approximate surface area is 119 Å². The molecule has 1 aliphatic heterocycles. The summed E-state index contributed by atoms with van der Waals surface area (Å²) in [4.78, 5) is 10.3. The van der Waals surface area contributed by atoms with E-state index in [9.17, 15) is 0 Å². The second-order valence-electron chi connectivity index (χ2n) is 4.86. The third-order valence-electron chi connectivity index (χ3n) is 3.51. The zero-order valence-corrected chi connectivity index (χ0v) is 12.3. The zero-order valence-electron chi connectivity index (χ0n) is 10.6. The lowest BCUT2D eigenvalue weighted by molar-refractivity contribution is 0.774. The second kappa shape index (κ2) is 3.74. The van der Waals surface area contributed by atoms with Gasteiger partial charge in [-0.1, -0.05) is 0 Å². The van der Waals surface area contributed by atoms with Crippen LogP contribution in [-0.4, -0.2) is 21.1 Å². The molecule has 19 heavy (non-hydrogen) atoms. The minimum Gasteiger partial charge on any atom is -0.368 e. The van der Waals surface area contributed by atoms with Gasteiger partial charge >= 0.3 is 0 Å². The van der Waals surface area contributed by atoms with Crippen LogP contribution in [0.2, 0.25) is 0 Å². The topological polar surface area (TPSA) is 42.7 Å². The lowest BCUT2D eigenvalue weighted by Crippen LogP contribution is -1.97. The number of aryl methyl sites for hydroxylation is 2. The molecule has 4 rings (SSSR count). The first kappa shape index (κ1) is 11.3. The van der Waals surface area contributed by atoms with Gasteiger partial charge in [-0.05, 0) is 37.7 Å². The van der Waals surface area contributed by atoms with Crippen molar-refractivity contribution < 1.29 is 0 Å². The molecule has 3 aromatic heterocycles. The fraction of sp³-hybridized carbons (Fsp3) is 0.308. The summed E-state index contributed by atoms with van der Waals surface area (Å²) in [6.07, 6.45) is 0. The van der Waals surface area contributed by atoms with E-state index in [1.54, 1.807) is 11.3 Å². The molecule has 0 aliphatic carbocycles. The maximum absolute atomic E-state index is 5.40. The number of anilines is 1. The molecule has 0 aromatic carbocycles. The van der Waals surface area contributed by atoms with Crippen molar-refractivity contribution in [1.82, 2.24) is 14.5 Å². The van der Waals surface area contributed by atoms with E-state index in [1.807, 2.05) is 6.92 Å². The summed E-state index contributed by atoms with van der Waals surface area (Å²) < 4.78 is 3.91. The van der Waals surface area contributed by atoms with Gasteiger partial charge in [0.1, 0.15) is 10.6 Å². The molecule has 0 spiro atoms. The zero-order chi connectivity index (χ0) is 13.1. The predicted octanol–water partition coefficient (Wildman–Crippen LogP) is 3.42. The Morgan fingerprint density at radius 3 is 3.05 bits per heavy atom. The molecule has 0 saturated carbocycles. The SMILES string of the molecule is Cc1cc(C)c2c(n1)sc1c3n(c(=S)nc12)CCN3. The molecule has 96 valence electrons. The normalized spacial score (nSPS) is 14.0. The van der Waals surface area contributed by atoms with Gasteiger partial charge in [-0.25, -0.2) is 9.97 Å². The van der Waals surface area contributed by atoms with Gasteiger partial charge in [0.25, 0.3) is 0 Å². The molecule has 0 fully saturated rings. The van der Waals surface area contributed by atoms with Crippen LogP contribution in [0.5, 0.6) is 0 Å². The first-order valence-corrected chi connectivity index (χ1v) is 7.43. The standard InChI is InChI=1S/C13H12N4S2/c1-6-5-7(2)15-12-8(6)9-10(19-12)11-14-3-4-17(11)13(18)16-9/h5,14H,3-4H2,1-2H3. The molecule has 1 aliphatic rings. The highest BCUT2D eigenvalue weighted by Crippen LogP contribution is 2.38. The van der Waals surface area contributed by atoms with Crippen molar-refractivity contribution in [2.75, 3.05) is 11.9 Å². The van der Waals surface area contributed by atoms with E-state index < -0.39 is 0 Å². The molecule has 0 unspecified atom stereocenters. The summed E-state index contributed by atoms with van der Waals surface area (Å²) in [5.74, 6) is 1.11. The first-order valence-electron chi connectivity index (χ1n) is 6.20. The van der Waals surface area contributed by atoms with Crippen LogP contribution in [-0.2, 0) is 6.54 Å². The van der Waals surface area contributed by atoms with E-state index >= 15 is 0 Å². The van der Waals surface area contributed by atoms with Crippen molar-refractivity contribution in [3.8, 4) is 0 Å². The van der Waals surface area contributed by atoms with Crippen LogP contribution in [0.4, 0.5) is 5.82 Å². The number of aromatic nitrogens is 3. The minimum absolute atomic E-state index is 0.659. The number of pyridine rings is 1. The van der Waals surface area contributed by atoms with Gasteiger partial charge < -0.3 is 9.88 Å². The summed E-state index contributed by atoms with van der Waals surface area (Å²) in [7, 11) is 0. The molecule has 3 aromatic rings.